The van der Waals surface area contributed by atoms with Gasteiger partial charge in [0, 0.05) is 12.6 Å². The van der Waals surface area contributed by atoms with Crippen LogP contribution in [0.3, 0.4) is 0 Å². The molecule has 0 radical (unpaired) electrons. The van der Waals surface area contributed by atoms with E-state index < -0.39 is 0 Å². The number of nitrogens with zero attached hydrogens (tertiary/aromatic N) is 1. The van der Waals surface area contributed by atoms with Gasteiger partial charge in [0.15, 0.2) is 0 Å². The van der Waals surface area contributed by atoms with Crippen LogP contribution in [0, 0.1) is 0 Å². The van der Waals surface area contributed by atoms with Crippen LogP contribution in [0.5, 0.6) is 0 Å². The number of benzene rings is 1. The average Bonchev–Trinajstić information content (AvgIpc) is 2.43. The van der Waals surface area contributed by atoms with Gasteiger partial charge in [-0.1, -0.05) is 44.5 Å². The molecular weight excluding hydrogens is 222 g/mol. The first-order chi connectivity index (χ1) is 8.71. The van der Waals surface area contributed by atoms with E-state index in [2.05, 4.69) is 37.8 Å². The van der Waals surface area contributed by atoms with Crippen molar-refractivity contribution in [1.29, 1.82) is 0 Å². The Labute approximate surface area is 112 Å². The molecule has 0 amide bonds. The van der Waals surface area contributed by atoms with Crippen LogP contribution in [0.15, 0.2) is 24.3 Å². The maximum absolute atomic E-state index is 9.04. The van der Waals surface area contributed by atoms with E-state index >= 15 is 0 Å². The van der Waals surface area contributed by atoms with Gasteiger partial charge in [-0.3, -0.25) is 4.90 Å². The molecule has 1 rings (SSSR count). The van der Waals surface area contributed by atoms with Gasteiger partial charge in [-0.2, -0.15) is 0 Å². The van der Waals surface area contributed by atoms with Crippen molar-refractivity contribution in [3.8, 4) is 0 Å². The van der Waals surface area contributed by atoms with Gasteiger partial charge in [-0.15, -0.1) is 0 Å². The lowest BCUT2D eigenvalue weighted by atomic mass is 10.1. The Hall–Kier alpha value is -0.860. The fourth-order valence-electron chi connectivity index (χ4n) is 2.06. The van der Waals surface area contributed by atoms with E-state index in [1.165, 1.54) is 31.4 Å². The molecule has 0 aromatic heterocycles. The summed E-state index contributed by atoms with van der Waals surface area (Å²) < 4.78 is 0. The molecule has 0 aliphatic rings. The zero-order valence-corrected chi connectivity index (χ0v) is 12.0. The summed E-state index contributed by atoms with van der Waals surface area (Å²) in [5.41, 5.74) is 2.33. The summed E-state index contributed by atoms with van der Waals surface area (Å²) in [6, 6.07) is 8.93. The minimum absolute atomic E-state index is 0.130. The van der Waals surface area contributed by atoms with Gasteiger partial charge >= 0.3 is 0 Å². The standard InChI is InChI=1S/C16H27NO/c1-4-6-11-17(14(3)5-2)12-15-7-9-16(13-18)10-8-15/h7-10,14,18H,4-6,11-13H2,1-3H3. The normalized spacial score (nSPS) is 12.9. The third kappa shape index (κ3) is 4.79. The predicted octanol–water partition coefficient (Wildman–Crippen LogP) is 3.58. The Morgan fingerprint density at radius 3 is 2.22 bits per heavy atom. The summed E-state index contributed by atoms with van der Waals surface area (Å²) in [6.45, 7) is 9.11. The third-order valence-electron chi connectivity index (χ3n) is 3.60. The number of hydrogen-bond donors (Lipinski definition) is 1. The summed E-state index contributed by atoms with van der Waals surface area (Å²) >= 11 is 0. The van der Waals surface area contributed by atoms with E-state index in [-0.39, 0.29) is 6.61 Å². The second-order valence-electron chi connectivity index (χ2n) is 5.06. The second-order valence-corrected chi connectivity index (χ2v) is 5.06. The lowest BCUT2D eigenvalue weighted by Gasteiger charge is -2.28. The molecule has 0 saturated carbocycles. The van der Waals surface area contributed by atoms with Crippen molar-refractivity contribution in [2.75, 3.05) is 6.54 Å². The van der Waals surface area contributed by atoms with E-state index in [4.69, 9.17) is 5.11 Å². The zero-order valence-electron chi connectivity index (χ0n) is 12.0. The van der Waals surface area contributed by atoms with E-state index in [9.17, 15) is 0 Å². The summed E-state index contributed by atoms with van der Waals surface area (Å²) in [6.07, 6.45) is 3.70. The molecule has 0 saturated heterocycles. The highest BCUT2D eigenvalue weighted by atomic mass is 16.3. The van der Waals surface area contributed by atoms with Crippen LogP contribution < -0.4 is 0 Å². The molecule has 1 aromatic rings. The van der Waals surface area contributed by atoms with Gasteiger partial charge in [0.1, 0.15) is 0 Å². The second kappa shape index (κ2) is 8.28. The smallest absolute Gasteiger partial charge is 0.0681 e. The molecule has 0 spiro atoms. The Morgan fingerprint density at radius 1 is 1.11 bits per heavy atom. The van der Waals surface area contributed by atoms with Gasteiger partial charge < -0.3 is 5.11 Å². The molecule has 102 valence electrons. The van der Waals surface area contributed by atoms with E-state index in [1.54, 1.807) is 0 Å². The van der Waals surface area contributed by atoms with Crippen molar-refractivity contribution in [3.05, 3.63) is 35.4 Å². The van der Waals surface area contributed by atoms with Crippen molar-refractivity contribution >= 4 is 0 Å². The molecule has 2 heteroatoms. The van der Waals surface area contributed by atoms with Crippen molar-refractivity contribution in [3.63, 3.8) is 0 Å². The van der Waals surface area contributed by atoms with Crippen LogP contribution in [0.2, 0.25) is 0 Å². The van der Waals surface area contributed by atoms with Crippen LogP contribution in [0.25, 0.3) is 0 Å². The van der Waals surface area contributed by atoms with Gasteiger partial charge in [0.2, 0.25) is 0 Å². The molecule has 1 N–H and O–H groups in total. The Kier molecular flexibility index (Phi) is 6.99. The summed E-state index contributed by atoms with van der Waals surface area (Å²) in [4.78, 5) is 2.55. The van der Waals surface area contributed by atoms with Crippen LogP contribution in [-0.4, -0.2) is 22.6 Å². The SMILES string of the molecule is CCCCN(Cc1ccc(CO)cc1)C(C)CC. The maximum atomic E-state index is 9.04. The van der Waals surface area contributed by atoms with Gasteiger partial charge in [-0.05, 0) is 37.4 Å². The number of hydrogen-bond acceptors (Lipinski definition) is 2. The lowest BCUT2D eigenvalue weighted by Crippen LogP contribution is -2.33. The molecule has 0 aliphatic carbocycles. The molecule has 0 fully saturated rings. The van der Waals surface area contributed by atoms with E-state index in [1.807, 2.05) is 12.1 Å². The predicted molar refractivity (Wildman–Crippen MR) is 77.4 cm³/mol. The molecule has 2 nitrogen and oxygen atoms in total. The monoisotopic (exact) mass is 249 g/mol. The van der Waals surface area contributed by atoms with Crippen LogP contribution >= 0.6 is 0 Å². The Bertz CT molecular complexity index is 320. The minimum atomic E-state index is 0.130. The van der Waals surface area contributed by atoms with Gasteiger partial charge in [-0.25, -0.2) is 0 Å². The van der Waals surface area contributed by atoms with E-state index in [0.717, 1.165) is 12.1 Å². The average molecular weight is 249 g/mol. The highest BCUT2D eigenvalue weighted by molar-refractivity contribution is 5.21. The lowest BCUT2D eigenvalue weighted by molar-refractivity contribution is 0.192. The Balaban J connectivity index is 2.62. The largest absolute Gasteiger partial charge is 0.392 e. The topological polar surface area (TPSA) is 23.5 Å². The number of rotatable bonds is 8. The van der Waals surface area contributed by atoms with Crippen molar-refractivity contribution < 1.29 is 5.11 Å². The van der Waals surface area contributed by atoms with Crippen molar-refractivity contribution in [1.82, 2.24) is 4.90 Å². The van der Waals surface area contributed by atoms with Crippen LogP contribution in [0.4, 0.5) is 0 Å². The van der Waals surface area contributed by atoms with Crippen LogP contribution in [0.1, 0.15) is 51.2 Å². The number of aliphatic hydroxyl groups excluding tert-OH is 1. The quantitative estimate of drug-likeness (QED) is 0.761. The van der Waals surface area contributed by atoms with Crippen molar-refractivity contribution in [2.45, 2.75) is 59.2 Å². The van der Waals surface area contributed by atoms with E-state index in [0.29, 0.717) is 6.04 Å². The molecule has 18 heavy (non-hydrogen) atoms. The third-order valence-corrected chi connectivity index (χ3v) is 3.60. The highest BCUT2D eigenvalue weighted by Crippen LogP contribution is 2.13. The maximum Gasteiger partial charge on any atom is 0.0681 e. The fourth-order valence-corrected chi connectivity index (χ4v) is 2.06. The molecule has 0 heterocycles. The number of aliphatic hydroxyl groups is 1. The molecule has 0 bridgehead atoms. The first kappa shape index (κ1) is 15.2. The highest BCUT2D eigenvalue weighted by Gasteiger charge is 2.11. The minimum Gasteiger partial charge on any atom is -0.392 e. The summed E-state index contributed by atoms with van der Waals surface area (Å²) in [5.74, 6) is 0. The molecular formula is C16H27NO. The first-order valence-corrected chi connectivity index (χ1v) is 7.14. The molecule has 1 unspecified atom stereocenters. The van der Waals surface area contributed by atoms with Gasteiger partial charge in [0.05, 0.1) is 6.61 Å². The van der Waals surface area contributed by atoms with Crippen molar-refractivity contribution in [2.24, 2.45) is 0 Å². The fraction of sp³-hybridized carbons (Fsp3) is 0.625. The molecule has 1 atom stereocenters. The summed E-state index contributed by atoms with van der Waals surface area (Å²) in [7, 11) is 0. The molecule has 0 aliphatic heterocycles. The summed E-state index contributed by atoms with van der Waals surface area (Å²) in [5, 5.41) is 9.04. The Morgan fingerprint density at radius 2 is 1.72 bits per heavy atom. The zero-order chi connectivity index (χ0) is 13.4. The van der Waals surface area contributed by atoms with Crippen LogP contribution in [-0.2, 0) is 13.2 Å². The molecule has 1 aromatic carbocycles. The number of unbranched alkanes of at least 4 members (excludes halogenated alkanes) is 1. The first-order valence-electron chi connectivity index (χ1n) is 7.14. The van der Waals surface area contributed by atoms with Gasteiger partial charge in [0.25, 0.3) is 0 Å².